The fraction of sp³-hybridized carbons (Fsp3) is 0.462. The lowest BCUT2D eigenvalue weighted by molar-refractivity contribution is -0.143. The molecule has 1 unspecified atom stereocenters. The molecule has 1 aromatic rings. The first-order valence-corrected chi connectivity index (χ1v) is 6.31. The van der Waals surface area contributed by atoms with Crippen LogP contribution in [0.25, 0.3) is 0 Å². The molecular weight excluding hydrogens is 220 g/mol. The van der Waals surface area contributed by atoms with Gasteiger partial charge >= 0.3 is 5.97 Å². The Labute approximate surface area is 101 Å². The molecule has 0 bridgehead atoms. The van der Waals surface area contributed by atoms with Crippen molar-refractivity contribution < 1.29 is 9.53 Å². The third kappa shape index (κ3) is 3.56. The average molecular weight is 238 g/mol. The highest BCUT2D eigenvalue weighted by atomic mass is 32.2. The van der Waals surface area contributed by atoms with Gasteiger partial charge in [0.1, 0.15) is 0 Å². The fourth-order valence-electron chi connectivity index (χ4n) is 1.45. The second kappa shape index (κ2) is 5.94. The number of aryl methyl sites for hydroxylation is 2. The number of ether oxygens (including phenoxy) is 1. The van der Waals surface area contributed by atoms with Crippen molar-refractivity contribution in [3.8, 4) is 0 Å². The van der Waals surface area contributed by atoms with E-state index in [0.29, 0.717) is 0 Å². The zero-order valence-corrected chi connectivity index (χ0v) is 11.1. The topological polar surface area (TPSA) is 26.3 Å². The zero-order chi connectivity index (χ0) is 12.1. The minimum atomic E-state index is -0.141. The smallest absolute Gasteiger partial charge is 0.309 e. The van der Waals surface area contributed by atoms with Crippen LogP contribution in [0.5, 0.6) is 0 Å². The molecule has 1 aromatic carbocycles. The summed E-state index contributed by atoms with van der Waals surface area (Å²) in [6.45, 7) is 6.07. The van der Waals surface area contributed by atoms with E-state index >= 15 is 0 Å². The first kappa shape index (κ1) is 13.1. The van der Waals surface area contributed by atoms with Crippen LogP contribution in [0.4, 0.5) is 0 Å². The molecule has 0 aromatic heterocycles. The van der Waals surface area contributed by atoms with Gasteiger partial charge in [0, 0.05) is 10.6 Å². The normalized spacial score (nSPS) is 12.2. The molecule has 1 rings (SSSR count). The van der Waals surface area contributed by atoms with E-state index in [0.717, 1.165) is 5.75 Å². The van der Waals surface area contributed by atoms with Crippen molar-refractivity contribution in [3.63, 3.8) is 0 Å². The molecule has 2 nitrogen and oxygen atoms in total. The third-order valence-electron chi connectivity index (χ3n) is 2.42. The lowest BCUT2D eigenvalue weighted by Gasteiger charge is -2.10. The van der Waals surface area contributed by atoms with E-state index < -0.39 is 0 Å². The highest BCUT2D eigenvalue weighted by Gasteiger charge is 2.13. The summed E-state index contributed by atoms with van der Waals surface area (Å²) < 4.78 is 4.70. The summed E-state index contributed by atoms with van der Waals surface area (Å²) in [6.07, 6.45) is 0. The van der Waals surface area contributed by atoms with Gasteiger partial charge in [-0.05, 0) is 25.5 Å². The van der Waals surface area contributed by atoms with Crippen molar-refractivity contribution in [2.24, 2.45) is 5.92 Å². The second-order valence-corrected chi connectivity index (χ2v) is 5.07. The Morgan fingerprint density at radius 3 is 2.69 bits per heavy atom. The zero-order valence-electron chi connectivity index (χ0n) is 10.2. The molecule has 0 aliphatic rings. The molecular formula is C13H18O2S. The van der Waals surface area contributed by atoms with Gasteiger partial charge in [-0.25, -0.2) is 0 Å². The Morgan fingerprint density at radius 2 is 2.12 bits per heavy atom. The largest absolute Gasteiger partial charge is 0.469 e. The van der Waals surface area contributed by atoms with Crippen LogP contribution in [-0.4, -0.2) is 18.8 Å². The number of rotatable bonds is 4. The van der Waals surface area contributed by atoms with E-state index in [4.69, 9.17) is 4.74 Å². The maximum atomic E-state index is 11.2. The molecule has 0 spiro atoms. The predicted octanol–water partition coefficient (Wildman–Crippen LogP) is 3.20. The Balaban J connectivity index is 2.58. The summed E-state index contributed by atoms with van der Waals surface area (Å²) in [5.41, 5.74) is 2.53. The van der Waals surface area contributed by atoms with Gasteiger partial charge in [-0.1, -0.05) is 24.6 Å². The molecule has 0 saturated carbocycles. The summed E-state index contributed by atoms with van der Waals surface area (Å²) in [6, 6.07) is 6.36. The highest BCUT2D eigenvalue weighted by Crippen LogP contribution is 2.25. The predicted molar refractivity (Wildman–Crippen MR) is 67.8 cm³/mol. The quantitative estimate of drug-likeness (QED) is 0.595. The Morgan fingerprint density at radius 1 is 1.44 bits per heavy atom. The molecule has 0 radical (unpaired) electrons. The van der Waals surface area contributed by atoms with Crippen LogP contribution in [0.3, 0.4) is 0 Å². The van der Waals surface area contributed by atoms with E-state index in [1.54, 1.807) is 11.8 Å². The molecule has 0 amide bonds. The number of esters is 1. The standard InChI is InChI=1S/C13H18O2S/c1-9-5-6-12(10(2)7-9)16-8-11(3)13(14)15-4/h5-7,11H,8H2,1-4H3. The van der Waals surface area contributed by atoms with Gasteiger partial charge in [0.05, 0.1) is 13.0 Å². The van der Waals surface area contributed by atoms with Gasteiger partial charge in [0.2, 0.25) is 0 Å². The molecule has 88 valence electrons. The Bertz CT molecular complexity index is 374. The minimum Gasteiger partial charge on any atom is -0.469 e. The van der Waals surface area contributed by atoms with Crippen LogP contribution in [0, 0.1) is 19.8 Å². The monoisotopic (exact) mass is 238 g/mol. The maximum absolute atomic E-state index is 11.2. The van der Waals surface area contributed by atoms with E-state index in [9.17, 15) is 4.79 Å². The van der Waals surface area contributed by atoms with Crippen molar-refractivity contribution >= 4 is 17.7 Å². The number of methoxy groups -OCH3 is 1. The Kier molecular flexibility index (Phi) is 4.87. The summed E-state index contributed by atoms with van der Waals surface area (Å²) in [4.78, 5) is 12.5. The van der Waals surface area contributed by atoms with Crippen molar-refractivity contribution in [1.82, 2.24) is 0 Å². The van der Waals surface area contributed by atoms with Crippen molar-refractivity contribution in [3.05, 3.63) is 29.3 Å². The number of hydrogen-bond donors (Lipinski definition) is 0. The molecule has 0 aliphatic heterocycles. The van der Waals surface area contributed by atoms with Crippen LogP contribution < -0.4 is 0 Å². The first-order chi connectivity index (χ1) is 7.54. The van der Waals surface area contributed by atoms with Gasteiger partial charge in [0.25, 0.3) is 0 Å². The SMILES string of the molecule is COC(=O)C(C)CSc1ccc(C)cc1C. The molecule has 1 atom stereocenters. The van der Waals surface area contributed by atoms with E-state index in [-0.39, 0.29) is 11.9 Å². The molecule has 0 fully saturated rings. The van der Waals surface area contributed by atoms with Crippen LogP contribution >= 0.6 is 11.8 Å². The number of carbonyl (C=O) groups excluding carboxylic acids is 1. The third-order valence-corrected chi connectivity index (χ3v) is 3.86. The van der Waals surface area contributed by atoms with Gasteiger partial charge in [-0.2, -0.15) is 0 Å². The molecule has 0 heterocycles. The Hall–Kier alpha value is -0.960. The molecule has 0 N–H and O–H groups in total. The van der Waals surface area contributed by atoms with Gasteiger partial charge in [-0.3, -0.25) is 4.79 Å². The lowest BCUT2D eigenvalue weighted by Crippen LogP contribution is -2.14. The highest BCUT2D eigenvalue weighted by molar-refractivity contribution is 7.99. The van der Waals surface area contributed by atoms with Gasteiger partial charge < -0.3 is 4.74 Å². The van der Waals surface area contributed by atoms with Crippen LogP contribution in [0.2, 0.25) is 0 Å². The fourth-order valence-corrected chi connectivity index (χ4v) is 2.46. The van der Waals surface area contributed by atoms with Gasteiger partial charge in [-0.15, -0.1) is 11.8 Å². The number of thioether (sulfide) groups is 1. The summed E-state index contributed by atoms with van der Waals surface area (Å²) in [5, 5.41) is 0. The van der Waals surface area contributed by atoms with Crippen LogP contribution in [0.15, 0.2) is 23.1 Å². The molecule has 0 saturated heterocycles. The minimum absolute atomic E-state index is 0.0595. The molecule has 0 aliphatic carbocycles. The van der Waals surface area contributed by atoms with Crippen LogP contribution in [0.1, 0.15) is 18.1 Å². The van der Waals surface area contributed by atoms with Crippen molar-refractivity contribution in [2.75, 3.05) is 12.9 Å². The van der Waals surface area contributed by atoms with E-state index in [2.05, 4.69) is 32.0 Å². The summed E-state index contributed by atoms with van der Waals surface area (Å²) >= 11 is 1.71. The van der Waals surface area contributed by atoms with Gasteiger partial charge in [0.15, 0.2) is 0 Å². The number of hydrogen-bond acceptors (Lipinski definition) is 3. The van der Waals surface area contributed by atoms with E-state index in [1.165, 1.54) is 23.1 Å². The van der Waals surface area contributed by atoms with Crippen molar-refractivity contribution in [2.45, 2.75) is 25.7 Å². The summed E-state index contributed by atoms with van der Waals surface area (Å²) in [5.74, 6) is 0.560. The van der Waals surface area contributed by atoms with E-state index in [1.807, 2.05) is 6.92 Å². The second-order valence-electron chi connectivity index (χ2n) is 4.00. The van der Waals surface area contributed by atoms with Crippen LogP contribution in [-0.2, 0) is 9.53 Å². The average Bonchev–Trinajstić information content (AvgIpc) is 2.26. The lowest BCUT2D eigenvalue weighted by atomic mass is 10.2. The number of benzene rings is 1. The molecule has 3 heteroatoms. The molecule has 16 heavy (non-hydrogen) atoms. The number of carbonyl (C=O) groups is 1. The van der Waals surface area contributed by atoms with Crippen molar-refractivity contribution in [1.29, 1.82) is 0 Å². The first-order valence-electron chi connectivity index (χ1n) is 5.32. The maximum Gasteiger partial charge on any atom is 0.309 e. The summed E-state index contributed by atoms with van der Waals surface area (Å²) in [7, 11) is 1.43.